The van der Waals surface area contributed by atoms with Crippen LogP contribution in [0.5, 0.6) is 0 Å². The Morgan fingerprint density at radius 2 is 1.88 bits per heavy atom. The van der Waals surface area contributed by atoms with Gasteiger partial charge in [0.1, 0.15) is 10.7 Å². The molecule has 2 aromatic heterocycles. The van der Waals surface area contributed by atoms with E-state index in [0.717, 1.165) is 16.7 Å². The van der Waals surface area contributed by atoms with Gasteiger partial charge in [-0.1, -0.05) is 53.0 Å². The molecule has 130 valence electrons. The molecule has 0 aliphatic rings. The molecule has 0 amide bonds. The zero-order valence-corrected chi connectivity index (χ0v) is 16.3. The fourth-order valence-corrected chi connectivity index (χ4v) is 4.27. The van der Waals surface area contributed by atoms with E-state index in [1.807, 2.05) is 35.7 Å². The van der Waals surface area contributed by atoms with Crippen molar-refractivity contribution in [2.75, 3.05) is 0 Å². The third-order valence-electron chi connectivity index (χ3n) is 3.98. The number of halogens is 3. The molecule has 26 heavy (non-hydrogen) atoms. The van der Waals surface area contributed by atoms with Crippen LogP contribution >= 0.6 is 46.1 Å². The van der Waals surface area contributed by atoms with Gasteiger partial charge in [0.05, 0.1) is 15.4 Å². The first-order chi connectivity index (χ1) is 12.5. The molecule has 0 fully saturated rings. The Kier molecular flexibility index (Phi) is 4.76. The first kappa shape index (κ1) is 17.6. The SMILES string of the molecule is O=c1[nH]c(Cc2cccc(Cl)c2)nc2scc(-c3ccc(Cl)c(Cl)c3)c12. The lowest BCUT2D eigenvalue weighted by Gasteiger charge is -2.04. The van der Waals surface area contributed by atoms with Gasteiger partial charge in [0.2, 0.25) is 0 Å². The number of nitrogens with zero attached hydrogens (tertiary/aromatic N) is 1. The van der Waals surface area contributed by atoms with Crippen molar-refractivity contribution in [3.05, 3.63) is 84.7 Å². The van der Waals surface area contributed by atoms with Crippen molar-refractivity contribution >= 4 is 56.4 Å². The number of aromatic amines is 1. The van der Waals surface area contributed by atoms with Gasteiger partial charge in [-0.3, -0.25) is 4.79 Å². The fourth-order valence-electron chi connectivity index (χ4n) is 2.79. The van der Waals surface area contributed by atoms with Gasteiger partial charge in [0, 0.05) is 22.4 Å². The Hall–Kier alpha value is -1.85. The predicted molar refractivity (Wildman–Crippen MR) is 110 cm³/mol. The minimum atomic E-state index is -0.172. The van der Waals surface area contributed by atoms with Crippen molar-refractivity contribution in [2.24, 2.45) is 0 Å². The topological polar surface area (TPSA) is 45.8 Å². The van der Waals surface area contributed by atoms with Crippen LogP contribution in [0.3, 0.4) is 0 Å². The number of hydrogen-bond acceptors (Lipinski definition) is 3. The number of rotatable bonds is 3. The number of aromatic nitrogens is 2. The summed E-state index contributed by atoms with van der Waals surface area (Å²) in [4.78, 5) is 20.9. The van der Waals surface area contributed by atoms with Crippen LogP contribution in [0.2, 0.25) is 15.1 Å². The molecule has 0 saturated heterocycles. The van der Waals surface area contributed by atoms with Crippen molar-refractivity contribution in [3.63, 3.8) is 0 Å². The van der Waals surface area contributed by atoms with Gasteiger partial charge in [-0.25, -0.2) is 4.98 Å². The maximum absolute atomic E-state index is 12.7. The van der Waals surface area contributed by atoms with E-state index >= 15 is 0 Å². The second-order valence-electron chi connectivity index (χ2n) is 5.78. The van der Waals surface area contributed by atoms with Crippen LogP contribution in [0.1, 0.15) is 11.4 Å². The molecule has 0 atom stereocenters. The molecule has 0 bridgehead atoms. The Morgan fingerprint density at radius 1 is 1.04 bits per heavy atom. The summed E-state index contributed by atoms with van der Waals surface area (Å²) in [6.07, 6.45) is 0.506. The second kappa shape index (κ2) is 7.05. The lowest BCUT2D eigenvalue weighted by Crippen LogP contribution is -2.11. The highest BCUT2D eigenvalue weighted by Gasteiger charge is 2.14. The van der Waals surface area contributed by atoms with Gasteiger partial charge in [-0.15, -0.1) is 11.3 Å². The van der Waals surface area contributed by atoms with E-state index in [1.54, 1.807) is 12.1 Å². The van der Waals surface area contributed by atoms with Gasteiger partial charge in [0.15, 0.2) is 0 Å². The molecule has 4 aromatic rings. The maximum Gasteiger partial charge on any atom is 0.260 e. The van der Waals surface area contributed by atoms with Crippen LogP contribution in [0.25, 0.3) is 21.3 Å². The molecule has 0 aliphatic carbocycles. The van der Waals surface area contributed by atoms with E-state index in [-0.39, 0.29) is 5.56 Å². The fraction of sp³-hybridized carbons (Fsp3) is 0.0526. The van der Waals surface area contributed by atoms with Gasteiger partial charge in [0.25, 0.3) is 5.56 Å². The van der Waals surface area contributed by atoms with E-state index in [0.29, 0.717) is 37.5 Å². The van der Waals surface area contributed by atoms with E-state index < -0.39 is 0 Å². The van der Waals surface area contributed by atoms with Gasteiger partial charge in [-0.05, 0) is 35.4 Å². The molecule has 1 N–H and O–H groups in total. The quantitative estimate of drug-likeness (QED) is 0.428. The summed E-state index contributed by atoms with van der Waals surface area (Å²) >= 11 is 19.5. The molecule has 0 aliphatic heterocycles. The van der Waals surface area contributed by atoms with Crippen molar-refractivity contribution in [3.8, 4) is 11.1 Å². The van der Waals surface area contributed by atoms with Crippen LogP contribution in [0.15, 0.2) is 52.6 Å². The van der Waals surface area contributed by atoms with Crippen molar-refractivity contribution < 1.29 is 0 Å². The standard InChI is InChI=1S/C19H11Cl3N2OS/c20-12-3-1-2-10(6-12)7-16-23-18(25)17-13(9-26-19(17)24-16)11-4-5-14(21)15(22)8-11/h1-6,8-9H,7H2,(H,23,24,25). The van der Waals surface area contributed by atoms with E-state index in [2.05, 4.69) is 9.97 Å². The molecule has 2 aromatic carbocycles. The van der Waals surface area contributed by atoms with E-state index in [4.69, 9.17) is 34.8 Å². The predicted octanol–water partition coefficient (Wildman–Crippen LogP) is 6.20. The maximum atomic E-state index is 12.7. The molecule has 3 nitrogen and oxygen atoms in total. The minimum Gasteiger partial charge on any atom is -0.310 e. The molecule has 0 radical (unpaired) electrons. The molecule has 0 spiro atoms. The van der Waals surface area contributed by atoms with E-state index in [9.17, 15) is 4.79 Å². The number of thiophene rings is 1. The zero-order valence-electron chi connectivity index (χ0n) is 13.2. The third kappa shape index (κ3) is 3.38. The number of fused-ring (bicyclic) bond motifs is 1. The normalized spacial score (nSPS) is 11.2. The van der Waals surface area contributed by atoms with Crippen LogP contribution < -0.4 is 5.56 Å². The first-order valence-electron chi connectivity index (χ1n) is 7.71. The lowest BCUT2D eigenvalue weighted by molar-refractivity contribution is 0.977. The summed E-state index contributed by atoms with van der Waals surface area (Å²) in [6, 6.07) is 12.8. The van der Waals surface area contributed by atoms with Gasteiger partial charge < -0.3 is 4.98 Å². The van der Waals surface area contributed by atoms with Crippen LogP contribution in [-0.2, 0) is 6.42 Å². The minimum absolute atomic E-state index is 0.172. The molecule has 2 heterocycles. The summed E-state index contributed by atoms with van der Waals surface area (Å²) < 4.78 is 0. The number of benzene rings is 2. The molecule has 0 unspecified atom stereocenters. The highest BCUT2D eigenvalue weighted by molar-refractivity contribution is 7.17. The smallest absolute Gasteiger partial charge is 0.260 e. The van der Waals surface area contributed by atoms with Crippen LogP contribution in [-0.4, -0.2) is 9.97 Å². The summed E-state index contributed by atoms with van der Waals surface area (Å²) in [7, 11) is 0. The number of hydrogen-bond donors (Lipinski definition) is 1. The largest absolute Gasteiger partial charge is 0.310 e. The van der Waals surface area contributed by atoms with Crippen molar-refractivity contribution in [2.45, 2.75) is 6.42 Å². The van der Waals surface area contributed by atoms with Gasteiger partial charge in [-0.2, -0.15) is 0 Å². The highest BCUT2D eigenvalue weighted by Crippen LogP contribution is 2.34. The molecule has 0 saturated carbocycles. The molecule has 4 rings (SSSR count). The number of nitrogens with one attached hydrogen (secondary N) is 1. The Bertz CT molecular complexity index is 1180. The Morgan fingerprint density at radius 3 is 2.65 bits per heavy atom. The van der Waals surface area contributed by atoms with E-state index in [1.165, 1.54) is 11.3 Å². The second-order valence-corrected chi connectivity index (χ2v) is 7.89. The molecular formula is C19H11Cl3N2OS. The van der Waals surface area contributed by atoms with Crippen LogP contribution in [0, 0.1) is 0 Å². The Balaban J connectivity index is 1.78. The Labute approximate surface area is 168 Å². The molecular weight excluding hydrogens is 411 g/mol. The average Bonchev–Trinajstić information content (AvgIpc) is 3.02. The summed E-state index contributed by atoms with van der Waals surface area (Å²) in [6.45, 7) is 0. The average molecular weight is 422 g/mol. The number of H-pyrrole nitrogens is 1. The highest BCUT2D eigenvalue weighted by atomic mass is 35.5. The third-order valence-corrected chi connectivity index (χ3v) is 5.83. The molecule has 7 heteroatoms. The zero-order chi connectivity index (χ0) is 18.3. The van der Waals surface area contributed by atoms with Crippen molar-refractivity contribution in [1.82, 2.24) is 9.97 Å². The monoisotopic (exact) mass is 420 g/mol. The summed E-state index contributed by atoms with van der Waals surface area (Å²) in [5.41, 5.74) is 2.45. The van der Waals surface area contributed by atoms with Crippen LogP contribution in [0.4, 0.5) is 0 Å². The summed E-state index contributed by atoms with van der Waals surface area (Å²) in [5, 5.41) is 4.05. The van der Waals surface area contributed by atoms with Gasteiger partial charge >= 0.3 is 0 Å². The first-order valence-corrected chi connectivity index (χ1v) is 9.73. The van der Waals surface area contributed by atoms with Crippen molar-refractivity contribution in [1.29, 1.82) is 0 Å². The summed E-state index contributed by atoms with van der Waals surface area (Å²) in [5.74, 6) is 0.604. The lowest BCUT2D eigenvalue weighted by atomic mass is 10.1.